The molecule has 1 saturated heterocycles. The van der Waals surface area contributed by atoms with Gasteiger partial charge in [0, 0.05) is 25.2 Å². The second-order valence-electron chi connectivity index (χ2n) is 16.4. The molecule has 1 aliphatic heterocycles. The molecule has 1 heterocycles. The Bertz CT molecular complexity index is 1320. The number of nitrogens with one attached hydrogen (secondary N) is 2. The van der Waals surface area contributed by atoms with E-state index in [-0.39, 0.29) is 17.0 Å². The number of allylic oxidation sites excluding steroid dienone is 2. The van der Waals surface area contributed by atoms with Crippen LogP contribution in [0, 0.1) is 45.8 Å². The first-order valence-electron chi connectivity index (χ1n) is 17.8. The van der Waals surface area contributed by atoms with Crippen LogP contribution in [-0.4, -0.2) is 53.7 Å². The van der Waals surface area contributed by atoms with Crippen molar-refractivity contribution in [2.75, 3.05) is 26.2 Å². The molecular weight excluding hydrogens is 546 g/mol. The van der Waals surface area contributed by atoms with Crippen molar-refractivity contribution in [2.45, 2.75) is 104 Å². The quantitative estimate of drug-likeness (QED) is 0.333. The lowest BCUT2D eigenvalue weighted by molar-refractivity contribution is -0.210. The predicted molar refractivity (Wildman–Crippen MR) is 175 cm³/mol. The number of carboxylic acid groups (broad SMARTS) is 1. The number of carbonyl (C=O) groups is 2. The van der Waals surface area contributed by atoms with E-state index in [4.69, 9.17) is 0 Å². The van der Waals surface area contributed by atoms with Crippen LogP contribution in [0.25, 0.3) is 5.57 Å². The molecule has 240 valence electrons. The summed E-state index contributed by atoms with van der Waals surface area (Å²) in [5.41, 5.74) is 3.85. The lowest BCUT2D eigenvalue weighted by Gasteiger charge is -2.71. The molecule has 4 saturated carbocycles. The third-order valence-electron chi connectivity index (χ3n) is 15.0. The maximum absolute atomic E-state index is 13.6. The van der Waals surface area contributed by atoms with E-state index in [0.29, 0.717) is 46.0 Å². The van der Waals surface area contributed by atoms with Crippen LogP contribution in [0.15, 0.2) is 30.3 Å². The first kappa shape index (κ1) is 30.3. The standard InChI is InChI=1S/C38H55N3O3/c1-25-28(26-8-10-27(11-9-26)33(42)43)14-17-35(2)29(25)15-18-37(4)32(35)13-12-30-31-7-5-16-38(31,20-19-36(30,37)3)40-34(44)41-23-6-21-39-22-24-41/h8-11,14,25,29-32,39H,5-7,12-13,15-24H2,1-4H3,(H,40,44)(H,42,43)/t25?,29?,30?,31?,32?,35?,36-,37?,38?/m1/s1. The van der Waals surface area contributed by atoms with Crippen LogP contribution in [0.2, 0.25) is 0 Å². The van der Waals surface area contributed by atoms with E-state index in [1.165, 1.54) is 56.1 Å². The van der Waals surface area contributed by atoms with Gasteiger partial charge < -0.3 is 20.6 Å². The number of aromatic carboxylic acids is 1. The van der Waals surface area contributed by atoms with Gasteiger partial charge in [0.05, 0.1) is 5.56 Å². The van der Waals surface area contributed by atoms with Crippen molar-refractivity contribution in [1.82, 2.24) is 15.5 Å². The van der Waals surface area contributed by atoms with Gasteiger partial charge >= 0.3 is 12.0 Å². The number of carbonyl (C=O) groups excluding carboxylic acids is 1. The Balaban J connectivity index is 1.13. The molecule has 1 aromatic rings. The molecule has 5 aliphatic carbocycles. The Kier molecular flexibility index (Phi) is 7.50. The summed E-state index contributed by atoms with van der Waals surface area (Å²) in [6.45, 7) is 14.0. The summed E-state index contributed by atoms with van der Waals surface area (Å²) in [4.78, 5) is 27.2. The largest absolute Gasteiger partial charge is 0.478 e. The molecule has 3 N–H and O–H groups in total. The summed E-state index contributed by atoms with van der Waals surface area (Å²) in [5, 5.41) is 16.6. The van der Waals surface area contributed by atoms with E-state index in [1.807, 2.05) is 12.1 Å². The summed E-state index contributed by atoms with van der Waals surface area (Å²) in [6, 6.07) is 7.75. The SMILES string of the molecule is CC1C(c2ccc(C(=O)O)cc2)=CCC2(C)C1CCC1(C)C2CCC2C3CCCC3(NC(=O)N3CCCNCC3)CC[C@]21C. The molecule has 9 atom stereocenters. The summed E-state index contributed by atoms with van der Waals surface area (Å²) in [7, 11) is 0. The number of urea groups is 1. The number of fused-ring (bicyclic) bond motifs is 7. The highest BCUT2D eigenvalue weighted by atomic mass is 16.4. The number of benzene rings is 1. The van der Waals surface area contributed by atoms with E-state index in [9.17, 15) is 14.7 Å². The van der Waals surface area contributed by atoms with Gasteiger partial charge in [-0.1, -0.05) is 52.3 Å². The molecule has 6 aliphatic rings. The molecule has 44 heavy (non-hydrogen) atoms. The van der Waals surface area contributed by atoms with Crippen LogP contribution >= 0.6 is 0 Å². The van der Waals surface area contributed by atoms with Gasteiger partial charge in [0.25, 0.3) is 0 Å². The molecule has 0 bridgehead atoms. The van der Waals surface area contributed by atoms with Crippen LogP contribution < -0.4 is 10.6 Å². The van der Waals surface area contributed by atoms with E-state index in [0.717, 1.165) is 51.9 Å². The number of nitrogens with zero attached hydrogens (tertiary/aromatic N) is 1. The number of carboxylic acids is 1. The zero-order valence-corrected chi connectivity index (χ0v) is 27.6. The average Bonchev–Trinajstić information content (AvgIpc) is 3.22. The Hall–Kier alpha value is -2.34. The van der Waals surface area contributed by atoms with Crippen molar-refractivity contribution >= 4 is 17.6 Å². The number of rotatable bonds is 3. The zero-order chi connectivity index (χ0) is 30.9. The fourth-order valence-electron chi connectivity index (χ4n) is 12.6. The van der Waals surface area contributed by atoms with E-state index < -0.39 is 5.97 Å². The smallest absolute Gasteiger partial charge is 0.335 e. The third-order valence-corrected chi connectivity index (χ3v) is 15.0. The average molecular weight is 602 g/mol. The first-order valence-corrected chi connectivity index (χ1v) is 17.8. The lowest BCUT2D eigenvalue weighted by Crippen LogP contribution is -2.67. The molecule has 0 spiro atoms. The molecule has 0 radical (unpaired) electrons. The van der Waals surface area contributed by atoms with Crippen LogP contribution in [0.4, 0.5) is 4.79 Å². The number of hydrogen-bond donors (Lipinski definition) is 3. The molecule has 0 aromatic heterocycles. The molecule has 7 rings (SSSR count). The molecule has 1 aromatic carbocycles. The molecule has 2 amide bonds. The Morgan fingerprint density at radius 3 is 2.43 bits per heavy atom. The van der Waals surface area contributed by atoms with Crippen LogP contribution in [-0.2, 0) is 0 Å². The first-order chi connectivity index (χ1) is 21.0. The minimum Gasteiger partial charge on any atom is -0.478 e. The molecule has 6 heteroatoms. The highest BCUT2D eigenvalue weighted by molar-refractivity contribution is 5.88. The van der Waals surface area contributed by atoms with Crippen LogP contribution in [0.5, 0.6) is 0 Å². The van der Waals surface area contributed by atoms with Crippen molar-refractivity contribution in [3.05, 3.63) is 41.5 Å². The van der Waals surface area contributed by atoms with Gasteiger partial charge in [0.15, 0.2) is 0 Å². The molecule has 5 fully saturated rings. The van der Waals surface area contributed by atoms with Crippen molar-refractivity contribution in [2.24, 2.45) is 45.8 Å². The second kappa shape index (κ2) is 10.9. The summed E-state index contributed by atoms with van der Waals surface area (Å²) >= 11 is 0. The van der Waals surface area contributed by atoms with E-state index >= 15 is 0 Å². The fourth-order valence-corrected chi connectivity index (χ4v) is 12.6. The Morgan fingerprint density at radius 2 is 1.66 bits per heavy atom. The van der Waals surface area contributed by atoms with Gasteiger partial charge in [-0.2, -0.15) is 0 Å². The second-order valence-corrected chi connectivity index (χ2v) is 16.4. The maximum Gasteiger partial charge on any atom is 0.335 e. The maximum atomic E-state index is 13.6. The van der Waals surface area contributed by atoms with Gasteiger partial charge in [-0.25, -0.2) is 9.59 Å². The topological polar surface area (TPSA) is 81.7 Å². The van der Waals surface area contributed by atoms with Crippen molar-refractivity contribution in [3.8, 4) is 0 Å². The van der Waals surface area contributed by atoms with Crippen LogP contribution in [0.1, 0.15) is 114 Å². The Morgan fingerprint density at radius 1 is 0.864 bits per heavy atom. The third kappa shape index (κ3) is 4.43. The van der Waals surface area contributed by atoms with Crippen molar-refractivity contribution in [1.29, 1.82) is 0 Å². The van der Waals surface area contributed by atoms with Crippen LogP contribution in [0.3, 0.4) is 0 Å². The van der Waals surface area contributed by atoms with Gasteiger partial charge in [0.2, 0.25) is 0 Å². The minimum atomic E-state index is -0.861. The van der Waals surface area contributed by atoms with Gasteiger partial charge in [-0.3, -0.25) is 0 Å². The highest BCUT2D eigenvalue weighted by Crippen LogP contribution is 2.75. The number of amides is 2. The summed E-state index contributed by atoms with van der Waals surface area (Å²) in [5.74, 6) is 2.25. The monoisotopic (exact) mass is 601 g/mol. The number of hydrogen-bond acceptors (Lipinski definition) is 3. The molecular formula is C38H55N3O3. The van der Waals surface area contributed by atoms with Gasteiger partial charge in [-0.05, 0) is 140 Å². The summed E-state index contributed by atoms with van der Waals surface area (Å²) in [6.07, 6.45) is 15.9. The van der Waals surface area contributed by atoms with Crippen molar-refractivity contribution in [3.63, 3.8) is 0 Å². The van der Waals surface area contributed by atoms with E-state index in [1.54, 1.807) is 12.1 Å². The summed E-state index contributed by atoms with van der Waals surface area (Å²) < 4.78 is 0. The van der Waals surface area contributed by atoms with E-state index in [2.05, 4.69) is 49.3 Å². The van der Waals surface area contributed by atoms with Gasteiger partial charge in [0.1, 0.15) is 0 Å². The predicted octanol–water partition coefficient (Wildman–Crippen LogP) is 7.60. The highest BCUT2D eigenvalue weighted by Gasteiger charge is 2.68. The Labute approximate surface area is 264 Å². The van der Waals surface area contributed by atoms with Gasteiger partial charge in [-0.15, -0.1) is 0 Å². The molecule has 6 nitrogen and oxygen atoms in total. The van der Waals surface area contributed by atoms with Crippen molar-refractivity contribution < 1.29 is 14.7 Å². The normalized spacial score (nSPS) is 43.4. The minimum absolute atomic E-state index is 0.0154. The fraction of sp³-hybridized carbons (Fsp3) is 0.737. The lowest BCUT2D eigenvalue weighted by atomic mass is 9.34. The molecule has 8 unspecified atom stereocenters. The zero-order valence-electron chi connectivity index (χ0n) is 27.6.